The van der Waals surface area contributed by atoms with Gasteiger partial charge in [0, 0.05) is 16.8 Å². The molecule has 0 radical (unpaired) electrons. The van der Waals surface area contributed by atoms with Crippen molar-refractivity contribution in [2.24, 2.45) is 0 Å². The number of rotatable bonds is 4. The summed E-state index contributed by atoms with van der Waals surface area (Å²) >= 11 is 7.44. The van der Waals surface area contributed by atoms with Crippen LogP contribution in [-0.4, -0.2) is 19.5 Å². The Kier molecular flexibility index (Phi) is 3.77. The van der Waals surface area contributed by atoms with Gasteiger partial charge in [0.25, 0.3) is 0 Å². The molecule has 0 unspecified atom stereocenters. The molecule has 7 heteroatoms. The Labute approximate surface area is 141 Å². The number of fused-ring (bicyclic) bond motifs is 1. The second kappa shape index (κ2) is 6.06. The van der Waals surface area contributed by atoms with Gasteiger partial charge in [-0.05, 0) is 36.4 Å². The van der Waals surface area contributed by atoms with Crippen LogP contribution >= 0.6 is 23.4 Å². The summed E-state index contributed by atoms with van der Waals surface area (Å²) in [7, 11) is 0. The van der Waals surface area contributed by atoms with Gasteiger partial charge in [-0.1, -0.05) is 34.6 Å². The second-order valence-corrected chi connectivity index (χ2v) is 6.22. The summed E-state index contributed by atoms with van der Waals surface area (Å²) in [6.07, 6.45) is 3.83. The zero-order valence-electron chi connectivity index (χ0n) is 11.9. The highest BCUT2D eigenvalue weighted by Gasteiger charge is 2.11. The van der Waals surface area contributed by atoms with E-state index in [4.69, 9.17) is 16.1 Å². The van der Waals surface area contributed by atoms with Gasteiger partial charge >= 0.3 is 0 Å². The van der Waals surface area contributed by atoms with Crippen LogP contribution in [0.1, 0.15) is 5.89 Å². The van der Waals surface area contributed by atoms with E-state index in [2.05, 4.69) is 15.1 Å². The van der Waals surface area contributed by atoms with Crippen molar-refractivity contribution in [3.63, 3.8) is 0 Å². The fourth-order valence-electron chi connectivity index (χ4n) is 2.18. The van der Waals surface area contributed by atoms with Gasteiger partial charge in [0.2, 0.25) is 11.7 Å². The van der Waals surface area contributed by atoms with E-state index in [1.165, 1.54) is 0 Å². The predicted molar refractivity (Wildman–Crippen MR) is 89.5 cm³/mol. The Hall–Kier alpha value is -2.31. The van der Waals surface area contributed by atoms with Crippen LogP contribution in [0.3, 0.4) is 0 Å². The maximum absolute atomic E-state index is 5.88. The lowest BCUT2D eigenvalue weighted by atomic mass is 10.2. The van der Waals surface area contributed by atoms with Gasteiger partial charge in [0.15, 0.2) is 5.16 Å². The van der Waals surface area contributed by atoms with Crippen LogP contribution in [0.2, 0.25) is 5.02 Å². The van der Waals surface area contributed by atoms with Gasteiger partial charge in [0.1, 0.15) is 0 Å². The van der Waals surface area contributed by atoms with Crippen LogP contribution in [0.25, 0.3) is 16.9 Å². The molecule has 4 aromatic rings. The Morgan fingerprint density at radius 1 is 1.13 bits per heavy atom. The number of aromatic nitrogens is 4. The van der Waals surface area contributed by atoms with Crippen molar-refractivity contribution in [1.82, 2.24) is 19.5 Å². The number of hydrogen-bond acceptors (Lipinski definition) is 5. The highest BCUT2D eigenvalue weighted by atomic mass is 35.5. The number of imidazole rings is 1. The minimum Gasteiger partial charge on any atom is -0.338 e. The third-order valence-corrected chi connectivity index (χ3v) is 4.50. The summed E-state index contributed by atoms with van der Waals surface area (Å²) in [5.74, 6) is 1.69. The maximum atomic E-state index is 5.88. The van der Waals surface area contributed by atoms with E-state index in [1.54, 1.807) is 23.9 Å². The predicted octanol–water partition coefficient (Wildman–Crippen LogP) is 4.33. The molecule has 1 aromatic carbocycles. The lowest BCUT2D eigenvalue weighted by molar-refractivity contribution is 0.391. The molecule has 0 N–H and O–H groups in total. The molecule has 0 spiro atoms. The van der Waals surface area contributed by atoms with Gasteiger partial charge in [-0.3, -0.25) is 4.40 Å². The number of thioether (sulfide) groups is 1. The zero-order valence-corrected chi connectivity index (χ0v) is 13.5. The van der Waals surface area contributed by atoms with Crippen LogP contribution in [-0.2, 0) is 5.75 Å². The van der Waals surface area contributed by atoms with E-state index >= 15 is 0 Å². The van der Waals surface area contributed by atoms with Crippen LogP contribution in [0.4, 0.5) is 0 Å². The van der Waals surface area contributed by atoms with Gasteiger partial charge in [0.05, 0.1) is 17.5 Å². The molecule has 114 valence electrons. The van der Waals surface area contributed by atoms with Crippen molar-refractivity contribution in [2.45, 2.75) is 10.9 Å². The first-order valence-corrected chi connectivity index (χ1v) is 8.29. The molecule has 0 saturated heterocycles. The van der Waals surface area contributed by atoms with Crippen molar-refractivity contribution in [2.75, 3.05) is 0 Å². The molecule has 5 nitrogen and oxygen atoms in total. The third kappa shape index (κ3) is 2.95. The van der Waals surface area contributed by atoms with E-state index in [-0.39, 0.29) is 0 Å². The van der Waals surface area contributed by atoms with Gasteiger partial charge in [-0.2, -0.15) is 4.98 Å². The minimum atomic E-state index is 0.560. The molecule has 0 fully saturated rings. The van der Waals surface area contributed by atoms with E-state index in [9.17, 15) is 0 Å². The van der Waals surface area contributed by atoms with Crippen LogP contribution in [0.15, 0.2) is 64.5 Å². The number of pyridine rings is 1. The normalized spacial score (nSPS) is 11.2. The standard InChI is InChI=1S/C16H11ClN4OS/c17-12-6-4-11(5-7-12)15-19-14(22-20-15)10-23-16-18-9-13-3-1-2-8-21(13)16/h1-9H,10H2. The van der Waals surface area contributed by atoms with Crippen molar-refractivity contribution < 1.29 is 4.52 Å². The Morgan fingerprint density at radius 2 is 2.00 bits per heavy atom. The topological polar surface area (TPSA) is 56.2 Å². The number of nitrogens with zero attached hydrogens (tertiary/aromatic N) is 4. The molecule has 0 saturated carbocycles. The largest absolute Gasteiger partial charge is 0.338 e. The molecule has 4 rings (SSSR count). The summed E-state index contributed by atoms with van der Waals surface area (Å²) in [5, 5.41) is 5.58. The number of benzene rings is 1. The fraction of sp³-hybridized carbons (Fsp3) is 0.0625. The molecule has 3 heterocycles. The van der Waals surface area contributed by atoms with E-state index in [0.717, 1.165) is 16.2 Å². The van der Waals surface area contributed by atoms with Gasteiger partial charge < -0.3 is 4.52 Å². The first-order valence-electron chi connectivity index (χ1n) is 6.93. The maximum Gasteiger partial charge on any atom is 0.237 e. The van der Waals surface area contributed by atoms with Gasteiger partial charge in [-0.25, -0.2) is 4.98 Å². The third-order valence-electron chi connectivity index (χ3n) is 3.30. The van der Waals surface area contributed by atoms with Crippen LogP contribution in [0.5, 0.6) is 0 Å². The Bertz CT molecular complexity index is 948. The summed E-state index contributed by atoms with van der Waals surface area (Å²) in [6, 6.07) is 13.3. The monoisotopic (exact) mass is 342 g/mol. The molecule has 0 aliphatic rings. The van der Waals surface area contributed by atoms with Crippen LogP contribution < -0.4 is 0 Å². The van der Waals surface area contributed by atoms with Crippen molar-refractivity contribution in [3.05, 3.63) is 65.8 Å². The van der Waals surface area contributed by atoms with Crippen LogP contribution in [0, 0.1) is 0 Å². The molecule has 3 aromatic heterocycles. The average Bonchev–Trinajstić information content (AvgIpc) is 3.20. The SMILES string of the molecule is Clc1ccc(-c2noc(CSc3ncc4ccccn34)n2)cc1. The minimum absolute atomic E-state index is 0.560. The van der Waals surface area contributed by atoms with Crippen molar-refractivity contribution >= 4 is 28.9 Å². The highest BCUT2D eigenvalue weighted by Crippen LogP contribution is 2.24. The highest BCUT2D eigenvalue weighted by molar-refractivity contribution is 7.98. The van der Waals surface area contributed by atoms with E-state index in [1.807, 2.05) is 47.1 Å². The first kappa shape index (κ1) is 14.3. The van der Waals surface area contributed by atoms with E-state index in [0.29, 0.717) is 22.5 Å². The summed E-state index contributed by atoms with van der Waals surface area (Å²) < 4.78 is 7.34. The fourth-order valence-corrected chi connectivity index (χ4v) is 3.11. The smallest absolute Gasteiger partial charge is 0.237 e. The van der Waals surface area contributed by atoms with Crippen molar-refractivity contribution in [3.8, 4) is 11.4 Å². The lowest BCUT2D eigenvalue weighted by Gasteiger charge is -1.98. The summed E-state index contributed by atoms with van der Waals surface area (Å²) in [6.45, 7) is 0. The molecule has 0 bridgehead atoms. The quantitative estimate of drug-likeness (QED) is 0.517. The summed E-state index contributed by atoms with van der Waals surface area (Å²) in [5.41, 5.74) is 1.93. The summed E-state index contributed by atoms with van der Waals surface area (Å²) in [4.78, 5) is 8.82. The molecule has 23 heavy (non-hydrogen) atoms. The zero-order chi connectivity index (χ0) is 15.6. The molecular weight excluding hydrogens is 332 g/mol. The molecule has 0 aliphatic carbocycles. The first-order chi connectivity index (χ1) is 11.3. The molecule has 0 atom stereocenters. The molecular formula is C16H11ClN4OS. The Balaban J connectivity index is 1.51. The lowest BCUT2D eigenvalue weighted by Crippen LogP contribution is -1.88. The second-order valence-electron chi connectivity index (χ2n) is 4.84. The molecule has 0 aliphatic heterocycles. The van der Waals surface area contributed by atoms with Gasteiger partial charge in [-0.15, -0.1) is 0 Å². The number of hydrogen-bond donors (Lipinski definition) is 0. The number of halogens is 1. The Morgan fingerprint density at radius 3 is 2.87 bits per heavy atom. The van der Waals surface area contributed by atoms with Crippen molar-refractivity contribution in [1.29, 1.82) is 0 Å². The van der Waals surface area contributed by atoms with E-state index < -0.39 is 0 Å². The average molecular weight is 343 g/mol. The molecule has 0 amide bonds.